The second kappa shape index (κ2) is 5.99. The zero-order valence-corrected chi connectivity index (χ0v) is 12.2. The Morgan fingerprint density at radius 1 is 1.41 bits per heavy atom. The second-order valence-corrected chi connectivity index (χ2v) is 5.44. The van der Waals surface area contributed by atoms with E-state index in [1.807, 2.05) is 4.98 Å². The second-order valence-electron chi connectivity index (χ2n) is 5.44. The number of carbonyl (C=O) groups is 1. The molecule has 1 aliphatic rings. The van der Waals surface area contributed by atoms with Crippen LogP contribution in [0.15, 0.2) is 9.59 Å². The summed E-state index contributed by atoms with van der Waals surface area (Å²) in [6.45, 7) is 2.65. The molecule has 1 unspecified atom stereocenters. The van der Waals surface area contributed by atoms with Gasteiger partial charge in [-0.25, -0.2) is 13.6 Å². The molecule has 1 fully saturated rings. The van der Waals surface area contributed by atoms with Crippen LogP contribution in [-0.4, -0.2) is 52.5 Å². The van der Waals surface area contributed by atoms with Crippen LogP contribution in [0.1, 0.15) is 18.2 Å². The van der Waals surface area contributed by atoms with Crippen LogP contribution < -0.4 is 11.2 Å². The first-order valence-corrected chi connectivity index (χ1v) is 6.74. The number of nitrogens with zero attached hydrogens (tertiary/aromatic N) is 1. The molecule has 7 nitrogen and oxygen atoms in total. The maximum Gasteiger partial charge on any atom is 0.325 e. The number of alkyl halides is 2. The van der Waals surface area contributed by atoms with Crippen molar-refractivity contribution < 1.29 is 18.3 Å². The Bertz CT molecular complexity index is 685. The number of rotatable bonds is 3. The van der Waals surface area contributed by atoms with Crippen molar-refractivity contribution >= 4 is 5.91 Å². The molecular formula is C13H17F2N3O4. The average molecular weight is 317 g/mol. The summed E-state index contributed by atoms with van der Waals surface area (Å²) in [6, 6.07) is 0. The third kappa shape index (κ3) is 2.94. The molecule has 0 radical (unpaired) electrons. The van der Waals surface area contributed by atoms with Gasteiger partial charge in [-0.1, -0.05) is 0 Å². The molecule has 1 aliphatic heterocycles. The zero-order valence-electron chi connectivity index (χ0n) is 12.2. The Hall–Kier alpha value is -2.03. The lowest BCUT2D eigenvalue weighted by Gasteiger charge is -2.43. The molecule has 0 aromatic carbocycles. The van der Waals surface area contributed by atoms with Gasteiger partial charge >= 0.3 is 5.69 Å². The quantitative estimate of drug-likeness (QED) is 0.807. The molecule has 0 bridgehead atoms. The normalized spacial score (nSPS) is 22.1. The Kier molecular flexibility index (Phi) is 4.45. The summed E-state index contributed by atoms with van der Waals surface area (Å²) >= 11 is 0. The first-order valence-electron chi connectivity index (χ1n) is 6.74. The fraction of sp³-hybridized carbons (Fsp3) is 0.615. The predicted octanol–water partition coefficient (Wildman–Crippen LogP) is -0.203. The predicted molar refractivity (Wildman–Crippen MR) is 73.1 cm³/mol. The van der Waals surface area contributed by atoms with Gasteiger partial charge in [-0.2, -0.15) is 0 Å². The molecule has 122 valence electrons. The number of hydrogen-bond donors (Lipinski definition) is 2. The van der Waals surface area contributed by atoms with Crippen LogP contribution >= 0.6 is 0 Å². The third-order valence-electron chi connectivity index (χ3n) is 3.82. The van der Waals surface area contributed by atoms with Crippen molar-refractivity contribution in [1.82, 2.24) is 14.9 Å². The summed E-state index contributed by atoms with van der Waals surface area (Å²) in [4.78, 5) is 40.7. The smallest absolute Gasteiger partial charge is 0.325 e. The number of aryl methyl sites for hydroxylation is 1. The van der Waals surface area contributed by atoms with Crippen LogP contribution in [-0.2, 0) is 16.0 Å². The van der Waals surface area contributed by atoms with Crippen molar-refractivity contribution in [3.05, 3.63) is 32.1 Å². The van der Waals surface area contributed by atoms with E-state index in [0.717, 1.165) is 4.90 Å². The van der Waals surface area contributed by atoms with Crippen molar-refractivity contribution in [2.24, 2.45) is 0 Å². The standard InChI is InChI=1S/C13H17F2N3O4/c1-7-8(10(20)17-12(21)16-7)5-9(19)18-3-4-22-6-13(18,2)11(14)15/h11H,3-6H2,1-2H3,(H2,16,17,20,21). The van der Waals surface area contributed by atoms with Crippen LogP contribution in [0.3, 0.4) is 0 Å². The van der Waals surface area contributed by atoms with Crippen molar-refractivity contribution in [2.75, 3.05) is 19.8 Å². The van der Waals surface area contributed by atoms with Gasteiger partial charge in [0.15, 0.2) is 0 Å². The highest BCUT2D eigenvalue weighted by Gasteiger charge is 2.45. The van der Waals surface area contributed by atoms with Gasteiger partial charge in [-0.15, -0.1) is 0 Å². The molecule has 1 aromatic heterocycles. The van der Waals surface area contributed by atoms with Gasteiger partial charge in [0.05, 0.1) is 19.6 Å². The zero-order chi connectivity index (χ0) is 16.5. The molecule has 2 N–H and O–H groups in total. The molecule has 22 heavy (non-hydrogen) atoms. The van der Waals surface area contributed by atoms with Gasteiger partial charge in [-0.3, -0.25) is 14.6 Å². The highest BCUT2D eigenvalue weighted by atomic mass is 19.3. The van der Waals surface area contributed by atoms with Gasteiger partial charge < -0.3 is 14.6 Å². The lowest BCUT2D eigenvalue weighted by molar-refractivity contribution is -0.164. The maximum atomic E-state index is 13.3. The highest BCUT2D eigenvalue weighted by molar-refractivity contribution is 5.80. The fourth-order valence-corrected chi connectivity index (χ4v) is 2.44. The van der Waals surface area contributed by atoms with Gasteiger partial charge in [0.1, 0.15) is 5.54 Å². The van der Waals surface area contributed by atoms with Gasteiger partial charge in [-0.05, 0) is 13.8 Å². The van der Waals surface area contributed by atoms with Crippen LogP contribution in [0, 0.1) is 6.92 Å². The van der Waals surface area contributed by atoms with Crippen LogP contribution in [0.5, 0.6) is 0 Å². The van der Waals surface area contributed by atoms with E-state index in [-0.39, 0.29) is 37.4 Å². The summed E-state index contributed by atoms with van der Waals surface area (Å²) in [5.41, 5.74) is -2.79. The number of aromatic nitrogens is 2. The third-order valence-corrected chi connectivity index (χ3v) is 3.82. The molecule has 1 saturated heterocycles. The van der Waals surface area contributed by atoms with E-state index in [2.05, 4.69) is 4.98 Å². The van der Waals surface area contributed by atoms with E-state index in [9.17, 15) is 23.2 Å². The molecule has 0 aliphatic carbocycles. The van der Waals surface area contributed by atoms with E-state index in [1.165, 1.54) is 13.8 Å². The summed E-state index contributed by atoms with van der Waals surface area (Å²) in [6.07, 6.45) is -3.13. The fourth-order valence-electron chi connectivity index (χ4n) is 2.44. The number of carbonyl (C=O) groups excluding carboxylic acids is 1. The molecule has 1 amide bonds. The largest absolute Gasteiger partial charge is 0.377 e. The monoisotopic (exact) mass is 317 g/mol. The van der Waals surface area contributed by atoms with E-state index < -0.39 is 29.1 Å². The topological polar surface area (TPSA) is 95.3 Å². The lowest BCUT2D eigenvalue weighted by atomic mass is 9.98. The minimum absolute atomic E-state index is 0.0278. The maximum absolute atomic E-state index is 13.3. The van der Waals surface area contributed by atoms with Crippen LogP contribution in [0.25, 0.3) is 0 Å². The number of hydrogen-bond acceptors (Lipinski definition) is 4. The van der Waals surface area contributed by atoms with E-state index in [4.69, 9.17) is 4.74 Å². The van der Waals surface area contributed by atoms with Crippen molar-refractivity contribution in [2.45, 2.75) is 32.2 Å². The number of ether oxygens (including phenoxy) is 1. The lowest BCUT2D eigenvalue weighted by Crippen LogP contribution is -2.61. The van der Waals surface area contributed by atoms with E-state index in [1.54, 1.807) is 0 Å². The number of aromatic amines is 2. The highest BCUT2D eigenvalue weighted by Crippen LogP contribution is 2.27. The number of nitrogens with one attached hydrogen (secondary N) is 2. The summed E-state index contributed by atoms with van der Waals surface area (Å²) < 4.78 is 31.6. The Morgan fingerprint density at radius 2 is 2.09 bits per heavy atom. The molecular weight excluding hydrogens is 300 g/mol. The van der Waals surface area contributed by atoms with Gasteiger partial charge in [0.2, 0.25) is 5.91 Å². The molecule has 1 aromatic rings. The van der Waals surface area contributed by atoms with E-state index >= 15 is 0 Å². The molecule has 2 heterocycles. The molecule has 0 spiro atoms. The minimum Gasteiger partial charge on any atom is -0.377 e. The molecule has 1 atom stereocenters. The number of morpholine rings is 1. The Labute approximate surface area is 124 Å². The van der Waals surface area contributed by atoms with Crippen molar-refractivity contribution in [3.8, 4) is 0 Å². The molecule has 2 rings (SSSR count). The Balaban J connectivity index is 2.28. The first-order chi connectivity index (χ1) is 10.3. The Morgan fingerprint density at radius 3 is 2.68 bits per heavy atom. The number of amides is 1. The molecule has 9 heteroatoms. The number of halogens is 2. The minimum atomic E-state index is -2.77. The van der Waals surface area contributed by atoms with Crippen LogP contribution in [0.2, 0.25) is 0 Å². The SMILES string of the molecule is Cc1[nH]c(=O)[nH]c(=O)c1CC(=O)N1CCOCC1(C)C(F)F. The number of H-pyrrole nitrogens is 2. The van der Waals surface area contributed by atoms with Crippen molar-refractivity contribution in [1.29, 1.82) is 0 Å². The summed E-state index contributed by atoms with van der Waals surface area (Å²) in [5.74, 6) is -0.605. The van der Waals surface area contributed by atoms with Gasteiger partial charge in [0.25, 0.3) is 12.0 Å². The summed E-state index contributed by atoms with van der Waals surface area (Å²) in [5, 5.41) is 0. The van der Waals surface area contributed by atoms with Crippen LogP contribution in [0.4, 0.5) is 8.78 Å². The molecule has 0 saturated carbocycles. The van der Waals surface area contributed by atoms with Crippen molar-refractivity contribution in [3.63, 3.8) is 0 Å². The summed E-state index contributed by atoms with van der Waals surface area (Å²) in [7, 11) is 0. The van der Waals surface area contributed by atoms with Gasteiger partial charge in [0, 0.05) is 17.8 Å². The average Bonchev–Trinajstić information content (AvgIpc) is 2.42. The van der Waals surface area contributed by atoms with E-state index in [0.29, 0.717) is 0 Å². The first kappa shape index (κ1) is 16.3.